The fourth-order valence-corrected chi connectivity index (χ4v) is 10.6. The Morgan fingerprint density at radius 1 is 0.387 bits per heavy atom. The van der Waals surface area contributed by atoms with Crippen molar-refractivity contribution in [3.63, 3.8) is 0 Å². The Balaban J connectivity index is 1.47. The van der Waals surface area contributed by atoms with Crippen molar-refractivity contribution in [1.82, 2.24) is 5.32 Å². The van der Waals surface area contributed by atoms with Crippen LogP contribution in [0, 0.1) is 0 Å². The minimum absolute atomic E-state index is 0.134. The van der Waals surface area contributed by atoms with Gasteiger partial charge in [0.05, 0.1) is 26.4 Å². The number of ether oxygens (including phenoxy) is 4. The maximum Gasteiger partial charge on any atom is 0.251 e. The zero-order chi connectivity index (χ0) is 52.7. The van der Waals surface area contributed by atoms with E-state index in [0.717, 1.165) is 95.8 Å². The Morgan fingerprint density at radius 2 is 0.667 bits per heavy atom. The van der Waals surface area contributed by atoms with Crippen molar-refractivity contribution >= 4 is 11.6 Å². The van der Waals surface area contributed by atoms with Gasteiger partial charge in [0.15, 0.2) is 0 Å². The van der Waals surface area contributed by atoms with Crippen LogP contribution in [-0.4, -0.2) is 32.3 Å². The van der Waals surface area contributed by atoms with Crippen molar-refractivity contribution < 1.29 is 23.7 Å². The van der Waals surface area contributed by atoms with E-state index in [9.17, 15) is 4.79 Å². The summed E-state index contributed by atoms with van der Waals surface area (Å²) in [6.45, 7) is 12.1. The van der Waals surface area contributed by atoms with Gasteiger partial charge in [-0.05, 0) is 112 Å². The number of rotatable bonds is 35. The first-order chi connectivity index (χ1) is 36.9. The Kier molecular flexibility index (Phi) is 26.9. The largest absolute Gasteiger partial charge is 0.493 e. The van der Waals surface area contributed by atoms with E-state index in [-0.39, 0.29) is 5.91 Å². The number of amides is 1. The molecule has 0 fully saturated rings. The molecule has 6 rings (SSSR count). The fraction of sp³-hybridized carbons (Fsp3) is 0.544. The van der Waals surface area contributed by atoms with Gasteiger partial charge in [-0.15, -0.1) is 0 Å². The standard InChI is InChI=1S/C68H96N2O5/c1-5-9-13-17-21-25-42-72-64-55-32-29-33-56(64)49-58-35-31-37-60(66(58)74-44-27-23-19-15-11-7-3)51-62-47-53(52-70-68(71)54-38-40-63(69)41-39-54)46-61(67(62)75-45-28-24-20-16-12-8-4)50-59-36-30-34-57(48-55)65(59)73-43-26-22-18-14-10-6-2/h29-41,46-47H,5-28,42-45,48-52,69H2,1-4H3,(H,70,71). The Morgan fingerprint density at radius 3 is 0.987 bits per heavy atom. The summed E-state index contributed by atoms with van der Waals surface area (Å²) in [6, 6.07) is 31.8. The normalized spacial score (nSPS) is 12.1. The van der Waals surface area contributed by atoms with Gasteiger partial charge < -0.3 is 30.0 Å². The molecule has 7 nitrogen and oxygen atoms in total. The van der Waals surface area contributed by atoms with Gasteiger partial charge in [-0.1, -0.05) is 211 Å². The van der Waals surface area contributed by atoms with E-state index >= 15 is 0 Å². The lowest BCUT2D eigenvalue weighted by Gasteiger charge is -2.23. The van der Waals surface area contributed by atoms with E-state index < -0.39 is 0 Å². The van der Waals surface area contributed by atoms with Crippen LogP contribution in [0.5, 0.6) is 23.0 Å². The number of unbranched alkanes of at least 4 members (excludes halogenated alkanes) is 20. The van der Waals surface area contributed by atoms with Crippen LogP contribution in [0.2, 0.25) is 0 Å². The fourth-order valence-electron chi connectivity index (χ4n) is 10.6. The molecule has 0 heterocycles. The van der Waals surface area contributed by atoms with Gasteiger partial charge in [-0.3, -0.25) is 4.79 Å². The molecule has 75 heavy (non-hydrogen) atoms. The van der Waals surface area contributed by atoms with E-state index in [1.807, 2.05) is 0 Å². The number of anilines is 1. The maximum absolute atomic E-state index is 13.7. The number of hydrogen-bond acceptors (Lipinski definition) is 6. The summed E-state index contributed by atoms with van der Waals surface area (Å²) in [6.07, 6.45) is 31.4. The van der Waals surface area contributed by atoms with E-state index in [1.54, 1.807) is 24.3 Å². The van der Waals surface area contributed by atoms with Crippen molar-refractivity contribution in [3.05, 3.63) is 147 Å². The average Bonchev–Trinajstić information content (AvgIpc) is 3.41. The van der Waals surface area contributed by atoms with Crippen LogP contribution in [0.15, 0.2) is 91.0 Å². The number of nitrogen functional groups attached to an aromatic ring is 1. The molecule has 0 radical (unpaired) electrons. The van der Waals surface area contributed by atoms with E-state index in [1.165, 1.54) is 131 Å². The molecular weight excluding hydrogens is 925 g/mol. The average molecular weight is 1020 g/mol. The summed E-state index contributed by atoms with van der Waals surface area (Å²) in [5, 5.41) is 3.25. The minimum atomic E-state index is -0.134. The van der Waals surface area contributed by atoms with Crippen molar-refractivity contribution in [2.75, 3.05) is 32.2 Å². The molecule has 1 aliphatic carbocycles. The Bertz CT molecular complexity index is 2300. The zero-order valence-corrected chi connectivity index (χ0v) is 47.1. The first kappa shape index (κ1) is 58.8. The number of para-hydroxylation sites is 3. The molecule has 0 saturated carbocycles. The highest BCUT2D eigenvalue weighted by Crippen LogP contribution is 2.40. The van der Waals surface area contributed by atoms with Crippen LogP contribution in [-0.2, 0) is 32.2 Å². The van der Waals surface area contributed by atoms with Crippen molar-refractivity contribution in [1.29, 1.82) is 0 Å². The Hall–Kier alpha value is -5.43. The third kappa shape index (κ3) is 19.9. The topological polar surface area (TPSA) is 92.0 Å². The van der Waals surface area contributed by atoms with Crippen LogP contribution >= 0.6 is 0 Å². The number of nitrogens with two attached hydrogens (primary N) is 1. The van der Waals surface area contributed by atoms with Crippen LogP contribution < -0.4 is 30.0 Å². The highest BCUT2D eigenvalue weighted by atomic mass is 16.5. The summed E-state index contributed by atoms with van der Waals surface area (Å²) in [4.78, 5) is 13.7. The predicted molar refractivity (Wildman–Crippen MR) is 315 cm³/mol. The summed E-state index contributed by atoms with van der Waals surface area (Å²) in [5.74, 6) is 3.72. The molecule has 5 aromatic carbocycles. The lowest BCUT2D eigenvalue weighted by Crippen LogP contribution is -2.23. The van der Waals surface area contributed by atoms with Gasteiger partial charge in [0.25, 0.3) is 5.91 Å². The Labute approximate surface area is 454 Å². The third-order valence-electron chi connectivity index (χ3n) is 15.0. The highest BCUT2D eigenvalue weighted by molar-refractivity contribution is 5.94. The number of benzene rings is 5. The molecule has 3 N–H and O–H groups in total. The number of fused-ring (bicyclic) bond motifs is 8. The smallest absolute Gasteiger partial charge is 0.251 e. The van der Waals surface area contributed by atoms with Gasteiger partial charge in [0.1, 0.15) is 23.0 Å². The van der Waals surface area contributed by atoms with E-state index in [4.69, 9.17) is 24.7 Å². The molecule has 5 aromatic rings. The second-order valence-electron chi connectivity index (χ2n) is 21.4. The SMILES string of the molecule is CCCCCCCCOc1c2cccc1Cc1cccc(c1OCCCCCCCC)Cc1cc(CNC(=O)c3ccc(N)cc3)cc(c1OCCCCCCCC)Cc1cccc(c1OCCCCCCCC)C2. The summed E-state index contributed by atoms with van der Waals surface area (Å²) in [7, 11) is 0. The summed E-state index contributed by atoms with van der Waals surface area (Å²) < 4.78 is 28.3. The van der Waals surface area contributed by atoms with Crippen molar-refractivity contribution in [2.45, 2.75) is 214 Å². The molecule has 0 aromatic heterocycles. The second kappa shape index (κ2) is 34.3. The number of hydrogen-bond donors (Lipinski definition) is 2. The van der Waals surface area contributed by atoms with Gasteiger partial charge in [-0.2, -0.15) is 0 Å². The van der Waals surface area contributed by atoms with Crippen LogP contribution in [0.3, 0.4) is 0 Å². The van der Waals surface area contributed by atoms with Crippen molar-refractivity contribution in [2.24, 2.45) is 0 Å². The van der Waals surface area contributed by atoms with Gasteiger partial charge in [0.2, 0.25) is 0 Å². The van der Waals surface area contributed by atoms with Gasteiger partial charge in [-0.25, -0.2) is 0 Å². The molecule has 0 aliphatic heterocycles. The highest BCUT2D eigenvalue weighted by Gasteiger charge is 2.23. The van der Waals surface area contributed by atoms with Gasteiger partial charge in [0, 0.05) is 43.5 Å². The lowest BCUT2D eigenvalue weighted by molar-refractivity contribution is 0.0951. The summed E-state index contributed by atoms with van der Waals surface area (Å²) >= 11 is 0. The molecular formula is C68H96N2O5. The van der Waals surface area contributed by atoms with E-state index in [2.05, 4.69) is 99.7 Å². The number of carbonyl (C=O) groups is 1. The quantitative estimate of drug-likeness (QED) is 0.0304. The molecule has 0 atom stereocenters. The van der Waals surface area contributed by atoms with Crippen LogP contribution in [0.4, 0.5) is 5.69 Å². The third-order valence-corrected chi connectivity index (χ3v) is 15.0. The first-order valence-corrected chi connectivity index (χ1v) is 30.0. The number of carbonyl (C=O) groups excluding carboxylic acids is 1. The molecule has 0 unspecified atom stereocenters. The van der Waals surface area contributed by atoms with Gasteiger partial charge >= 0.3 is 0 Å². The molecule has 1 amide bonds. The molecule has 0 saturated heterocycles. The number of nitrogens with one attached hydrogen (secondary N) is 1. The van der Waals surface area contributed by atoms with Crippen molar-refractivity contribution in [3.8, 4) is 23.0 Å². The summed E-state index contributed by atoms with van der Waals surface area (Å²) in [5.41, 5.74) is 17.4. The second-order valence-corrected chi connectivity index (χ2v) is 21.4. The zero-order valence-electron chi connectivity index (χ0n) is 47.1. The first-order valence-electron chi connectivity index (χ1n) is 30.0. The molecule has 8 bridgehead atoms. The minimum Gasteiger partial charge on any atom is -0.493 e. The maximum atomic E-state index is 13.7. The van der Waals surface area contributed by atoms with Crippen LogP contribution in [0.1, 0.15) is 242 Å². The molecule has 7 heteroatoms. The van der Waals surface area contributed by atoms with Crippen LogP contribution in [0.25, 0.3) is 0 Å². The monoisotopic (exact) mass is 1020 g/mol. The predicted octanol–water partition coefficient (Wildman–Crippen LogP) is 17.8. The van der Waals surface area contributed by atoms with E-state index in [0.29, 0.717) is 69.9 Å². The molecule has 1 aliphatic rings. The molecule has 0 spiro atoms. The molecule has 408 valence electrons. The lowest BCUT2D eigenvalue weighted by atomic mass is 9.90.